The zero-order chi connectivity index (χ0) is 15.1. The first kappa shape index (κ1) is 15.9. The Labute approximate surface area is 128 Å². The second-order valence-corrected chi connectivity index (χ2v) is 7.31. The molecular weight excluding hydrogens is 286 g/mol. The molecule has 0 saturated heterocycles. The van der Waals surface area contributed by atoms with Crippen LogP contribution in [-0.2, 0) is 17.3 Å². The topological polar surface area (TPSA) is 71.1 Å². The van der Waals surface area contributed by atoms with Crippen LogP contribution in [-0.4, -0.2) is 32.3 Å². The molecule has 116 valence electrons. The third kappa shape index (κ3) is 5.12. The Morgan fingerprint density at radius 2 is 2.29 bits per heavy atom. The van der Waals surface area contributed by atoms with E-state index in [1.54, 1.807) is 6.20 Å². The quantitative estimate of drug-likeness (QED) is 0.873. The van der Waals surface area contributed by atoms with Crippen LogP contribution in [0.1, 0.15) is 38.3 Å². The minimum Gasteiger partial charge on any atom is -0.335 e. The van der Waals surface area contributed by atoms with Crippen molar-refractivity contribution in [3.63, 3.8) is 0 Å². The average Bonchev–Trinajstić information content (AvgIpc) is 2.53. The van der Waals surface area contributed by atoms with E-state index in [9.17, 15) is 9.00 Å². The number of hydrogen-bond acceptors (Lipinski definition) is 3. The predicted octanol–water partition coefficient (Wildman–Crippen LogP) is 1.96. The molecule has 1 aromatic rings. The van der Waals surface area contributed by atoms with Crippen LogP contribution in [0.4, 0.5) is 4.79 Å². The molecule has 0 bridgehead atoms. The zero-order valence-electron chi connectivity index (χ0n) is 12.4. The summed E-state index contributed by atoms with van der Waals surface area (Å²) in [4.78, 5) is 16.1. The summed E-state index contributed by atoms with van der Waals surface area (Å²) in [5.41, 5.74) is 0.834. The predicted molar refractivity (Wildman–Crippen MR) is 84.3 cm³/mol. The smallest absolute Gasteiger partial charge is 0.315 e. The van der Waals surface area contributed by atoms with E-state index in [0.29, 0.717) is 12.3 Å². The minimum absolute atomic E-state index is 0.128. The van der Waals surface area contributed by atoms with E-state index in [1.165, 1.54) is 0 Å². The Morgan fingerprint density at radius 3 is 3.00 bits per heavy atom. The molecule has 3 atom stereocenters. The minimum atomic E-state index is -0.764. The molecule has 2 rings (SSSR count). The second kappa shape index (κ2) is 8.12. The van der Waals surface area contributed by atoms with E-state index in [-0.39, 0.29) is 17.3 Å². The van der Waals surface area contributed by atoms with Crippen molar-refractivity contribution in [1.82, 2.24) is 15.6 Å². The van der Waals surface area contributed by atoms with Gasteiger partial charge in [-0.15, -0.1) is 0 Å². The molecule has 2 N–H and O–H groups in total. The van der Waals surface area contributed by atoms with Crippen LogP contribution in [0.3, 0.4) is 0 Å². The standard InChI is InChI=1S/C15H23N3O2S/c1-2-21(20)14-8-5-7-12(10-14)18-15(19)17-11-13-6-3-4-9-16-13/h3-4,6,9,12,14H,2,5,7-8,10-11H2,1H3,(H2,17,18,19)/t12-,14+,21+/m1/s1. The monoisotopic (exact) mass is 309 g/mol. The molecule has 0 unspecified atom stereocenters. The highest BCUT2D eigenvalue weighted by Gasteiger charge is 2.26. The molecule has 1 aromatic heterocycles. The van der Waals surface area contributed by atoms with Gasteiger partial charge in [-0.25, -0.2) is 4.79 Å². The van der Waals surface area contributed by atoms with Crippen LogP contribution in [0, 0.1) is 0 Å². The lowest BCUT2D eigenvalue weighted by atomic mass is 9.95. The Morgan fingerprint density at radius 1 is 1.43 bits per heavy atom. The van der Waals surface area contributed by atoms with Crippen molar-refractivity contribution in [1.29, 1.82) is 0 Å². The summed E-state index contributed by atoms with van der Waals surface area (Å²) in [5.74, 6) is 0.698. The maximum Gasteiger partial charge on any atom is 0.315 e. The molecule has 1 fully saturated rings. The lowest BCUT2D eigenvalue weighted by Gasteiger charge is -2.29. The number of pyridine rings is 1. The molecule has 0 spiro atoms. The average molecular weight is 309 g/mol. The lowest BCUT2D eigenvalue weighted by molar-refractivity contribution is 0.232. The van der Waals surface area contributed by atoms with E-state index in [1.807, 2.05) is 25.1 Å². The summed E-state index contributed by atoms with van der Waals surface area (Å²) in [6, 6.07) is 5.57. The molecule has 2 amide bonds. The van der Waals surface area contributed by atoms with Gasteiger partial charge in [-0.05, 0) is 31.4 Å². The van der Waals surface area contributed by atoms with E-state index in [0.717, 1.165) is 31.4 Å². The fourth-order valence-electron chi connectivity index (χ4n) is 2.66. The van der Waals surface area contributed by atoms with E-state index in [2.05, 4.69) is 15.6 Å². The van der Waals surface area contributed by atoms with Gasteiger partial charge in [-0.1, -0.05) is 19.4 Å². The van der Waals surface area contributed by atoms with Crippen LogP contribution < -0.4 is 10.6 Å². The Kier molecular flexibility index (Phi) is 6.17. The molecule has 1 aliphatic carbocycles. The van der Waals surface area contributed by atoms with Crippen LogP contribution in [0.5, 0.6) is 0 Å². The van der Waals surface area contributed by atoms with Gasteiger partial charge in [-0.3, -0.25) is 9.19 Å². The molecule has 21 heavy (non-hydrogen) atoms. The molecule has 0 aromatic carbocycles. The fraction of sp³-hybridized carbons (Fsp3) is 0.600. The summed E-state index contributed by atoms with van der Waals surface area (Å²) in [7, 11) is -0.764. The highest BCUT2D eigenvalue weighted by molar-refractivity contribution is 7.85. The molecule has 1 saturated carbocycles. The van der Waals surface area contributed by atoms with Gasteiger partial charge in [-0.2, -0.15) is 0 Å². The lowest BCUT2D eigenvalue weighted by Crippen LogP contribution is -2.45. The number of carbonyl (C=O) groups excluding carboxylic acids is 1. The normalized spacial score (nSPS) is 23.3. The van der Waals surface area contributed by atoms with Crippen molar-refractivity contribution in [2.24, 2.45) is 0 Å². The van der Waals surface area contributed by atoms with Gasteiger partial charge in [0.15, 0.2) is 0 Å². The zero-order valence-corrected chi connectivity index (χ0v) is 13.2. The Bertz CT molecular complexity index is 481. The summed E-state index contributed by atoms with van der Waals surface area (Å²) >= 11 is 0. The molecule has 0 radical (unpaired) electrons. The van der Waals surface area contributed by atoms with Gasteiger partial charge in [0.1, 0.15) is 0 Å². The van der Waals surface area contributed by atoms with Crippen LogP contribution in [0.2, 0.25) is 0 Å². The van der Waals surface area contributed by atoms with Crippen molar-refractivity contribution in [3.8, 4) is 0 Å². The summed E-state index contributed by atoms with van der Waals surface area (Å²) in [6.45, 7) is 2.37. The van der Waals surface area contributed by atoms with Crippen LogP contribution in [0.25, 0.3) is 0 Å². The maximum absolute atomic E-state index is 11.9. The Hall–Kier alpha value is -1.43. The van der Waals surface area contributed by atoms with Gasteiger partial charge in [0.25, 0.3) is 0 Å². The maximum atomic E-state index is 11.9. The molecular formula is C15H23N3O2S. The van der Waals surface area contributed by atoms with E-state index in [4.69, 9.17) is 0 Å². The van der Waals surface area contributed by atoms with E-state index >= 15 is 0 Å². The molecule has 1 heterocycles. The summed E-state index contributed by atoms with van der Waals surface area (Å²) in [6.07, 6.45) is 5.53. The fourth-order valence-corrected chi connectivity index (χ4v) is 4.01. The van der Waals surface area contributed by atoms with E-state index < -0.39 is 10.8 Å². The molecule has 1 aliphatic rings. The first-order valence-electron chi connectivity index (χ1n) is 7.50. The van der Waals surface area contributed by atoms with Gasteiger partial charge in [0.05, 0.1) is 12.2 Å². The summed E-state index contributed by atoms with van der Waals surface area (Å²) < 4.78 is 11.9. The van der Waals surface area contributed by atoms with Gasteiger partial charge >= 0.3 is 6.03 Å². The number of urea groups is 1. The van der Waals surface area contributed by atoms with Crippen molar-refractivity contribution in [2.45, 2.75) is 50.4 Å². The van der Waals surface area contributed by atoms with Crippen molar-refractivity contribution in [2.75, 3.05) is 5.75 Å². The SMILES string of the molecule is CC[S@](=O)[C@H]1CCC[C@@H](NC(=O)NCc2ccccn2)C1. The number of hydrogen-bond donors (Lipinski definition) is 2. The van der Waals surface area contributed by atoms with Gasteiger partial charge in [0, 0.05) is 34.0 Å². The number of aromatic nitrogens is 1. The summed E-state index contributed by atoms with van der Waals surface area (Å²) in [5, 5.41) is 6.03. The number of carbonyl (C=O) groups is 1. The first-order chi connectivity index (χ1) is 10.2. The van der Waals surface area contributed by atoms with Crippen molar-refractivity contribution >= 4 is 16.8 Å². The molecule has 6 heteroatoms. The second-order valence-electron chi connectivity index (χ2n) is 5.30. The molecule has 5 nitrogen and oxygen atoms in total. The van der Waals surface area contributed by atoms with Crippen molar-refractivity contribution < 1.29 is 9.00 Å². The highest BCUT2D eigenvalue weighted by atomic mass is 32.2. The third-order valence-corrected chi connectivity index (χ3v) is 5.51. The molecule has 0 aliphatic heterocycles. The van der Waals surface area contributed by atoms with Gasteiger partial charge in [0.2, 0.25) is 0 Å². The number of rotatable bonds is 5. The number of nitrogens with zero attached hydrogens (tertiary/aromatic N) is 1. The number of nitrogens with one attached hydrogen (secondary N) is 2. The van der Waals surface area contributed by atoms with Gasteiger partial charge < -0.3 is 10.6 Å². The largest absolute Gasteiger partial charge is 0.335 e. The number of amides is 2. The first-order valence-corrected chi connectivity index (χ1v) is 8.88. The Balaban J connectivity index is 1.76. The highest BCUT2D eigenvalue weighted by Crippen LogP contribution is 2.22. The van der Waals surface area contributed by atoms with Crippen molar-refractivity contribution in [3.05, 3.63) is 30.1 Å². The third-order valence-electron chi connectivity index (χ3n) is 3.77. The van der Waals surface area contributed by atoms with Crippen LogP contribution in [0.15, 0.2) is 24.4 Å². The van der Waals surface area contributed by atoms with Crippen LogP contribution >= 0.6 is 0 Å².